The molecule has 2 rings (SSSR count). The Balaban J connectivity index is 2.11. The summed E-state index contributed by atoms with van der Waals surface area (Å²) < 4.78 is 0. The first-order chi connectivity index (χ1) is 5.86. The zero-order valence-corrected chi connectivity index (χ0v) is 7.03. The Morgan fingerprint density at radius 3 is 3.08 bits per heavy atom. The molecular formula is C10H13N2. The molecular weight excluding hydrogens is 148 g/mol. The third-order valence-corrected chi connectivity index (χ3v) is 2.28. The normalized spacial score (nSPS) is 23.1. The minimum atomic E-state index is 0.352. The van der Waals surface area contributed by atoms with Gasteiger partial charge >= 0.3 is 0 Å². The highest BCUT2D eigenvalue weighted by molar-refractivity contribution is 5.46. The van der Waals surface area contributed by atoms with Gasteiger partial charge in [0, 0.05) is 24.8 Å². The van der Waals surface area contributed by atoms with Crippen LogP contribution in [-0.4, -0.2) is 19.1 Å². The van der Waals surface area contributed by atoms with E-state index in [1.807, 2.05) is 18.2 Å². The average Bonchev–Trinajstić information content (AvgIpc) is 2.54. The van der Waals surface area contributed by atoms with Gasteiger partial charge in [0.15, 0.2) is 0 Å². The zero-order chi connectivity index (χ0) is 8.39. The summed E-state index contributed by atoms with van der Waals surface area (Å²) in [5.74, 6) is 0. The van der Waals surface area contributed by atoms with E-state index in [-0.39, 0.29) is 0 Å². The lowest BCUT2D eigenvalue weighted by Gasteiger charge is -2.17. The number of nitrogens with two attached hydrogens (primary N) is 1. The van der Waals surface area contributed by atoms with Crippen molar-refractivity contribution in [2.45, 2.75) is 12.5 Å². The summed E-state index contributed by atoms with van der Waals surface area (Å²) in [5.41, 5.74) is 7.05. The standard InChI is InChI=1S/C10H13N2/c11-9-6-7-12(8-9)10-4-2-1-3-5-10/h1-2,4-5,9H,6-8,11H2. The molecule has 0 bridgehead atoms. The molecule has 0 amide bonds. The predicted octanol–water partition coefficient (Wildman–Crippen LogP) is 1.02. The van der Waals surface area contributed by atoms with Gasteiger partial charge in [-0.25, -0.2) is 0 Å². The Morgan fingerprint density at radius 1 is 1.58 bits per heavy atom. The van der Waals surface area contributed by atoms with Crippen molar-refractivity contribution in [3.05, 3.63) is 30.3 Å². The second-order valence-electron chi connectivity index (χ2n) is 3.26. The molecule has 63 valence electrons. The van der Waals surface area contributed by atoms with Gasteiger partial charge in [-0.15, -0.1) is 0 Å². The second-order valence-corrected chi connectivity index (χ2v) is 3.26. The van der Waals surface area contributed by atoms with E-state index in [1.165, 1.54) is 5.69 Å². The van der Waals surface area contributed by atoms with Crippen molar-refractivity contribution < 1.29 is 0 Å². The largest absolute Gasteiger partial charge is 0.370 e. The van der Waals surface area contributed by atoms with E-state index in [4.69, 9.17) is 5.73 Å². The molecule has 1 atom stereocenters. The van der Waals surface area contributed by atoms with Gasteiger partial charge < -0.3 is 10.6 Å². The van der Waals surface area contributed by atoms with Gasteiger partial charge in [-0.3, -0.25) is 0 Å². The molecule has 0 spiro atoms. The quantitative estimate of drug-likeness (QED) is 0.666. The van der Waals surface area contributed by atoms with Gasteiger partial charge in [0.2, 0.25) is 0 Å². The maximum atomic E-state index is 5.81. The minimum Gasteiger partial charge on any atom is -0.370 e. The molecule has 1 aliphatic rings. The summed E-state index contributed by atoms with van der Waals surface area (Å²) in [6.07, 6.45) is 1.11. The molecule has 2 nitrogen and oxygen atoms in total. The fourth-order valence-electron chi connectivity index (χ4n) is 1.60. The maximum Gasteiger partial charge on any atom is 0.0372 e. The van der Waals surface area contributed by atoms with Crippen LogP contribution in [-0.2, 0) is 0 Å². The smallest absolute Gasteiger partial charge is 0.0372 e. The number of rotatable bonds is 1. The van der Waals surface area contributed by atoms with E-state index >= 15 is 0 Å². The molecule has 2 N–H and O–H groups in total. The van der Waals surface area contributed by atoms with Gasteiger partial charge in [-0.1, -0.05) is 12.1 Å². The molecule has 1 aliphatic heterocycles. The molecule has 1 aromatic rings. The lowest BCUT2D eigenvalue weighted by molar-refractivity contribution is 0.752. The first-order valence-electron chi connectivity index (χ1n) is 4.33. The lowest BCUT2D eigenvalue weighted by Crippen LogP contribution is -2.26. The van der Waals surface area contributed by atoms with Crippen LogP contribution in [0.4, 0.5) is 5.69 Å². The van der Waals surface area contributed by atoms with Gasteiger partial charge in [-0.05, 0) is 24.6 Å². The maximum absolute atomic E-state index is 5.81. The Hall–Kier alpha value is -1.02. The SMILES string of the molecule is NC1CCN(c2c[c]ccc2)C1. The summed E-state index contributed by atoms with van der Waals surface area (Å²) in [6, 6.07) is 11.5. The number of anilines is 1. The van der Waals surface area contributed by atoms with Crippen LogP contribution in [0.25, 0.3) is 0 Å². The van der Waals surface area contributed by atoms with Crippen LogP contribution in [0.5, 0.6) is 0 Å². The molecule has 1 aromatic carbocycles. The van der Waals surface area contributed by atoms with E-state index in [9.17, 15) is 0 Å². The number of nitrogens with zero attached hydrogens (tertiary/aromatic N) is 1. The fourth-order valence-corrected chi connectivity index (χ4v) is 1.60. The Morgan fingerprint density at radius 2 is 2.50 bits per heavy atom. The third kappa shape index (κ3) is 1.43. The van der Waals surface area contributed by atoms with Gasteiger partial charge in [0.1, 0.15) is 0 Å². The summed E-state index contributed by atoms with van der Waals surface area (Å²) in [7, 11) is 0. The van der Waals surface area contributed by atoms with Gasteiger partial charge in [0.05, 0.1) is 0 Å². The second kappa shape index (κ2) is 3.15. The monoisotopic (exact) mass is 161 g/mol. The number of hydrogen-bond donors (Lipinski definition) is 1. The first kappa shape index (κ1) is 7.62. The van der Waals surface area contributed by atoms with E-state index in [0.717, 1.165) is 19.5 Å². The summed E-state index contributed by atoms with van der Waals surface area (Å²) in [4.78, 5) is 2.31. The minimum absolute atomic E-state index is 0.352. The first-order valence-corrected chi connectivity index (χ1v) is 4.33. The van der Waals surface area contributed by atoms with Crippen molar-refractivity contribution in [3.8, 4) is 0 Å². The van der Waals surface area contributed by atoms with Gasteiger partial charge in [0.25, 0.3) is 0 Å². The highest BCUT2D eigenvalue weighted by Gasteiger charge is 2.18. The summed E-state index contributed by atoms with van der Waals surface area (Å²) in [5, 5.41) is 0. The zero-order valence-electron chi connectivity index (χ0n) is 7.03. The van der Waals surface area contributed by atoms with Crippen LogP contribution in [0.3, 0.4) is 0 Å². The van der Waals surface area contributed by atoms with Crippen LogP contribution >= 0.6 is 0 Å². The molecule has 1 radical (unpaired) electrons. The van der Waals surface area contributed by atoms with Gasteiger partial charge in [-0.2, -0.15) is 0 Å². The van der Waals surface area contributed by atoms with Crippen molar-refractivity contribution in [2.24, 2.45) is 5.73 Å². The Labute approximate surface area is 73.0 Å². The van der Waals surface area contributed by atoms with E-state index in [0.29, 0.717) is 6.04 Å². The van der Waals surface area contributed by atoms with Crippen LogP contribution in [0.2, 0.25) is 0 Å². The van der Waals surface area contributed by atoms with Crippen LogP contribution < -0.4 is 10.6 Å². The predicted molar refractivity (Wildman–Crippen MR) is 50.1 cm³/mol. The molecule has 0 aliphatic carbocycles. The van der Waals surface area contributed by atoms with Crippen LogP contribution in [0, 0.1) is 6.07 Å². The molecule has 12 heavy (non-hydrogen) atoms. The molecule has 1 heterocycles. The lowest BCUT2D eigenvalue weighted by atomic mass is 10.3. The molecule has 1 saturated heterocycles. The average molecular weight is 161 g/mol. The van der Waals surface area contributed by atoms with E-state index in [1.54, 1.807) is 0 Å². The molecule has 2 heteroatoms. The third-order valence-electron chi connectivity index (χ3n) is 2.28. The summed E-state index contributed by atoms with van der Waals surface area (Å²) in [6.45, 7) is 2.07. The van der Waals surface area contributed by atoms with Crippen LogP contribution in [0.1, 0.15) is 6.42 Å². The highest BCUT2D eigenvalue weighted by Crippen LogP contribution is 2.18. The van der Waals surface area contributed by atoms with Crippen molar-refractivity contribution >= 4 is 5.69 Å². The molecule has 0 aromatic heterocycles. The number of benzene rings is 1. The van der Waals surface area contributed by atoms with E-state index in [2.05, 4.69) is 17.0 Å². The Bertz CT molecular complexity index is 245. The number of hydrogen-bond acceptors (Lipinski definition) is 2. The fraction of sp³-hybridized carbons (Fsp3) is 0.400. The summed E-state index contributed by atoms with van der Waals surface area (Å²) >= 11 is 0. The van der Waals surface area contributed by atoms with E-state index < -0.39 is 0 Å². The van der Waals surface area contributed by atoms with Crippen molar-refractivity contribution in [2.75, 3.05) is 18.0 Å². The molecule has 1 fully saturated rings. The molecule has 0 saturated carbocycles. The molecule has 1 unspecified atom stereocenters. The van der Waals surface area contributed by atoms with Crippen molar-refractivity contribution in [1.29, 1.82) is 0 Å². The highest BCUT2D eigenvalue weighted by atomic mass is 15.2. The van der Waals surface area contributed by atoms with Crippen LogP contribution in [0.15, 0.2) is 24.3 Å². The Kier molecular flexibility index (Phi) is 2.00. The van der Waals surface area contributed by atoms with Crippen molar-refractivity contribution in [3.63, 3.8) is 0 Å². The van der Waals surface area contributed by atoms with Crippen molar-refractivity contribution in [1.82, 2.24) is 0 Å². The topological polar surface area (TPSA) is 29.3 Å².